The van der Waals surface area contributed by atoms with Gasteiger partial charge in [-0.05, 0) is 66.9 Å². The third-order valence-corrected chi connectivity index (χ3v) is 5.32. The summed E-state index contributed by atoms with van der Waals surface area (Å²) < 4.78 is 12.9. The Morgan fingerprint density at radius 1 is 0.971 bits per heavy atom. The zero-order chi connectivity index (χ0) is 24.3. The first-order chi connectivity index (χ1) is 16.4. The molecule has 3 aromatic carbocycles. The first-order valence-electron chi connectivity index (χ1n) is 10.5. The van der Waals surface area contributed by atoms with Crippen LogP contribution in [0.5, 0.6) is 11.5 Å². The van der Waals surface area contributed by atoms with Gasteiger partial charge < -0.3 is 19.7 Å². The highest BCUT2D eigenvalue weighted by Gasteiger charge is 2.29. The van der Waals surface area contributed by atoms with E-state index in [1.807, 2.05) is 18.2 Å². The van der Waals surface area contributed by atoms with Crippen molar-refractivity contribution in [2.24, 2.45) is 0 Å². The Kier molecular flexibility index (Phi) is 9.11. The van der Waals surface area contributed by atoms with Crippen LogP contribution < -0.4 is 10.1 Å². The minimum Gasteiger partial charge on any atom is -0.508 e. The van der Waals surface area contributed by atoms with Gasteiger partial charge in [0.2, 0.25) is 0 Å². The molecule has 3 N–H and O–H groups in total. The number of phenolic OH excluding ortho intramolecular Hbond substituents is 1. The Labute approximate surface area is 205 Å². The number of anilines is 1. The molecule has 0 bridgehead atoms. The number of carboxylic acids is 1. The number of nitrogens with one attached hydrogen (secondary N) is 1. The van der Waals surface area contributed by atoms with Gasteiger partial charge >= 0.3 is 12.1 Å². The number of ether oxygens (including phenoxy) is 2. The Morgan fingerprint density at radius 3 is 2.29 bits per heavy atom. The van der Waals surface area contributed by atoms with E-state index in [1.54, 1.807) is 48.5 Å². The molecular weight excluding hydrogens is 502 g/mol. The van der Waals surface area contributed by atoms with E-state index < -0.39 is 24.3 Å². The quantitative estimate of drug-likeness (QED) is 0.267. The summed E-state index contributed by atoms with van der Waals surface area (Å²) in [6, 6.07) is 22.5. The number of para-hydroxylation sites is 1. The maximum absolute atomic E-state index is 12.8. The molecular formula is C26H24BrNO6. The second kappa shape index (κ2) is 12.5. The average Bonchev–Trinajstić information content (AvgIpc) is 2.82. The molecule has 7 nitrogen and oxygen atoms in total. The van der Waals surface area contributed by atoms with Gasteiger partial charge in [-0.1, -0.05) is 52.3 Å². The van der Waals surface area contributed by atoms with E-state index in [2.05, 4.69) is 21.2 Å². The molecule has 0 unspecified atom stereocenters. The number of carbonyl (C=O) groups excluding carboxylic acids is 1. The Balaban J connectivity index is 1.86. The Morgan fingerprint density at radius 2 is 1.65 bits per heavy atom. The van der Waals surface area contributed by atoms with E-state index in [-0.39, 0.29) is 5.75 Å². The van der Waals surface area contributed by atoms with Crippen LogP contribution in [0.2, 0.25) is 0 Å². The lowest BCUT2D eigenvalue weighted by atomic mass is 10.00. The van der Waals surface area contributed by atoms with Crippen molar-refractivity contribution in [1.29, 1.82) is 0 Å². The highest BCUT2D eigenvalue weighted by atomic mass is 79.9. The van der Waals surface area contributed by atoms with Crippen molar-refractivity contribution in [1.82, 2.24) is 0 Å². The molecule has 0 saturated carbocycles. The number of carboxylic acid groups (broad SMARTS) is 1. The van der Waals surface area contributed by atoms with Crippen molar-refractivity contribution in [3.63, 3.8) is 0 Å². The second-order valence-corrected chi connectivity index (χ2v) is 8.25. The van der Waals surface area contributed by atoms with Gasteiger partial charge in [0.1, 0.15) is 17.6 Å². The molecule has 8 heteroatoms. The van der Waals surface area contributed by atoms with Gasteiger partial charge in [-0.2, -0.15) is 0 Å². The lowest BCUT2D eigenvalue weighted by Crippen LogP contribution is -2.31. The number of carbonyl (C=O) groups is 2. The van der Waals surface area contributed by atoms with Crippen LogP contribution in [0.3, 0.4) is 0 Å². The molecule has 0 fully saturated rings. The topological polar surface area (TPSA) is 105 Å². The SMILES string of the molecule is O=C(O)/C=C/CC[C@H](Oc1ccccc1)[C@@H](OC(=O)Nc1ccc(Br)cc1)c1ccc(O)cc1. The molecule has 1 amide bonds. The first-order valence-corrected chi connectivity index (χ1v) is 11.3. The molecule has 0 radical (unpaired) electrons. The van der Waals surface area contributed by atoms with Crippen molar-refractivity contribution in [3.05, 3.63) is 101 Å². The van der Waals surface area contributed by atoms with E-state index in [9.17, 15) is 14.7 Å². The van der Waals surface area contributed by atoms with Gasteiger partial charge in [0.25, 0.3) is 0 Å². The molecule has 3 aromatic rings. The minimum atomic E-state index is -1.04. The summed E-state index contributed by atoms with van der Waals surface area (Å²) >= 11 is 3.35. The fourth-order valence-electron chi connectivity index (χ4n) is 3.21. The van der Waals surface area contributed by atoms with Gasteiger partial charge in [-0.3, -0.25) is 5.32 Å². The molecule has 0 heterocycles. The summed E-state index contributed by atoms with van der Waals surface area (Å²) in [6.07, 6.45) is 1.19. The Bertz CT molecular complexity index is 1100. The van der Waals surface area contributed by atoms with Crippen LogP contribution >= 0.6 is 15.9 Å². The van der Waals surface area contributed by atoms with Crippen LogP contribution in [-0.2, 0) is 9.53 Å². The standard InChI is InChI=1S/C26H24BrNO6/c27-19-12-14-20(15-13-19)28-26(32)34-25(18-10-16-21(29)17-11-18)23(8-4-5-9-24(30)31)33-22-6-2-1-3-7-22/h1-3,5-7,9-17,23,25,29H,4,8H2,(H,28,32)(H,30,31)/b9-5+/t23-,25-/m0/s1. The summed E-state index contributed by atoms with van der Waals surface area (Å²) in [5.74, 6) is -0.386. The molecule has 34 heavy (non-hydrogen) atoms. The fraction of sp³-hybridized carbons (Fsp3) is 0.154. The number of halogens is 1. The van der Waals surface area contributed by atoms with Crippen molar-refractivity contribution < 1.29 is 29.3 Å². The number of benzene rings is 3. The lowest BCUT2D eigenvalue weighted by Gasteiger charge is -2.28. The van der Waals surface area contributed by atoms with Crippen molar-refractivity contribution in [3.8, 4) is 11.5 Å². The number of hydrogen-bond donors (Lipinski definition) is 3. The summed E-state index contributed by atoms with van der Waals surface area (Å²) in [4.78, 5) is 23.6. The van der Waals surface area contributed by atoms with Gasteiger partial charge in [0.05, 0.1) is 0 Å². The third kappa shape index (κ3) is 7.97. The molecule has 0 saturated heterocycles. The molecule has 0 spiro atoms. The smallest absolute Gasteiger partial charge is 0.412 e. The fourth-order valence-corrected chi connectivity index (χ4v) is 3.47. The van der Waals surface area contributed by atoms with E-state index >= 15 is 0 Å². The Hall–Kier alpha value is -3.78. The number of allylic oxidation sites excluding steroid dienone is 1. The van der Waals surface area contributed by atoms with Crippen molar-refractivity contribution >= 4 is 33.7 Å². The van der Waals surface area contributed by atoms with Crippen LogP contribution in [0, 0.1) is 0 Å². The van der Waals surface area contributed by atoms with Gasteiger partial charge in [-0.25, -0.2) is 9.59 Å². The number of rotatable bonds is 10. The monoisotopic (exact) mass is 525 g/mol. The van der Waals surface area contributed by atoms with Crippen LogP contribution in [0.4, 0.5) is 10.5 Å². The summed E-state index contributed by atoms with van der Waals surface area (Å²) in [7, 11) is 0. The third-order valence-electron chi connectivity index (χ3n) is 4.79. The number of aromatic hydroxyl groups is 1. The van der Waals surface area contributed by atoms with Crippen molar-refractivity contribution in [2.45, 2.75) is 25.0 Å². The molecule has 2 atom stereocenters. The van der Waals surface area contributed by atoms with Crippen LogP contribution in [0.25, 0.3) is 0 Å². The van der Waals surface area contributed by atoms with E-state index in [0.717, 1.165) is 10.5 Å². The first kappa shape index (κ1) is 24.9. The zero-order valence-corrected chi connectivity index (χ0v) is 19.7. The predicted octanol–water partition coefficient (Wildman–Crippen LogP) is 6.31. The highest BCUT2D eigenvalue weighted by Crippen LogP contribution is 2.30. The second-order valence-electron chi connectivity index (χ2n) is 7.34. The van der Waals surface area contributed by atoms with E-state index in [1.165, 1.54) is 18.2 Å². The molecule has 0 aromatic heterocycles. The van der Waals surface area contributed by atoms with Crippen LogP contribution in [-0.4, -0.2) is 28.4 Å². The minimum absolute atomic E-state index is 0.0757. The summed E-state index contributed by atoms with van der Waals surface area (Å²) in [5, 5.41) is 21.3. The van der Waals surface area contributed by atoms with Gasteiger partial charge in [0, 0.05) is 16.2 Å². The zero-order valence-electron chi connectivity index (χ0n) is 18.1. The van der Waals surface area contributed by atoms with Gasteiger partial charge in [0.15, 0.2) is 6.10 Å². The van der Waals surface area contributed by atoms with E-state index in [0.29, 0.717) is 29.8 Å². The molecule has 176 valence electrons. The summed E-state index contributed by atoms with van der Waals surface area (Å²) in [5.41, 5.74) is 1.18. The van der Waals surface area contributed by atoms with Crippen molar-refractivity contribution in [2.75, 3.05) is 5.32 Å². The van der Waals surface area contributed by atoms with Crippen LogP contribution in [0.1, 0.15) is 24.5 Å². The maximum atomic E-state index is 12.8. The number of amides is 1. The number of hydrogen-bond acceptors (Lipinski definition) is 5. The normalized spacial score (nSPS) is 12.6. The predicted molar refractivity (Wildman–Crippen MR) is 132 cm³/mol. The molecule has 0 aliphatic carbocycles. The maximum Gasteiger partial charge on any atom is 0.412 e. The number of aliphatic carboxylic acids is 1. The number of phenols is 1. The molecule has 0 aliphatic rings. The average molecular weight is 526 g/mol. The van der Waals surface area contributed by atoms with Gasteiger partial charge in [-0.15, -0.1) is 0 Å². The largest absolute Gasteiger partial charge is 0.508 e. The van der Waals surface area contributed by atoms with E-state index in [4.69, 9.17) is 14.6 Å². The molecule has 0 aliphatic heterocycles. The van der Waals surface area contributed by atoms with Crippen LogP contribution in [0.15, 0.2) is 95.5 Å². The lowest BCUT2D eigenvalue weighted by molar-refractivity contribution is -0.131. The summed E-state index contributed by atoms with van der Waals surface area (Å²) in [6.45, 7) is 0. The highest BCUT2D eigenvalue weighted by molar-refractivity contribution is 9.10. The molecule has 3 rings (SSSR count).